The molecule has 0 N–H and O–H groups in total. The minimum Gasteiger partial charge on any atom is -0.444 e. The third-order valence-electron chi connectivity index (χ3n) is 6.73. The normalized spacial score (nSPS) is 23.7. The van der Waals surface area contributed by atoms with Crippen LogP contribution in [-0.4, -0.2) is 77.9 Å². The van der Waals surface area contributed by atoms with Crippen LogP contribution >= 0.6 is 0 Å². The molecule has 0 bridgehead atoms. The minimum absolute atomic E-state index is 0.0571. The topological polar surface area (TPSA) is 62.3 Å². The maximum Gasteiger partial charge on any atom is 0.410 e. The van der Waals surface area contributed by atoms with Gasteiger partial charge in [-0.2, -0.15) is 0 Å². The Bertz CT molecular complexity index is 780. The molecule has 4 rings (SSSR count). The van der Waals surface area contributed by atoms with E-state index in [1.54, 1.807) is 4.90 Å². The van der Waals surface area contributed by atoms with E-state index in [0.717, 1.165) is 52.0 Å². The predicted octanol–water partition coefficient (Wildman–Crippen LogP) is 4.29. The summed E-state index contributed by atoms with van der Waals surface area (Å²) >= 11 is 0. The molecule has 0 saturated carbocycles. The van der Waals surface area contributed by atoms with Crippen molar-refractivity contribution < 1.29 is 19.1 Å². The van der Waals surface area contributed by atoms with Crippen molar-refractivity contribution in [2.45, 2.75) is 64.1 Å². The van der Waals surface area contributed by atoms with E-state index in [-0.39, 0.29) is 24.2 Å². The van der Waals surface area contributed by atoms with Crippen LogP contribution in [0.5, 0.6) is 0 Å². The zero-order valence-electron chi connectivity index (χ0n) is 19.7. The van der Waals surface area contributed by atoms with E-state index in [1.807, 2.05) is 43.9 Å². The Labute approximate surface area is 191 Å². The highest BCUT2D eigenvalue weighted by atomic mass is 16.6. The highest BCUT2D eigenvalue weighted by Gasteiger charge is 2.43. The summed E-state index contributed by atoms with van der Waals surface area (Å²) in [6.45, 7) is 10.0. The molecule has 0 spiro atoms. The first kappa shape index (κ1) is 22.9. The van der Waals surface area contributed by atoms with Crippen LogP contribution in [0.3, 0.4) is 0 Å². The summed E-state index contributed by atoms with van der Waals surface area (Å²) in [4.78, 5) is 32.0. The van der Waals surface area contributed by atoms with Crippen LogP contribution in [0.15, 0.2) is 30.3 Å². The summed E-state index contributed by atoms with van der Waals surface area (Å²) in [5.74, 6) is 0.512. The van der Waals surface area contributed by atoms with Gasteiger partial charge in [-0.25, -0.2) is 9.59 Å². The highest BCUT2D eigenvalue weighted by Crippen LogP contribution is 2.35. The second-order valence-corrected chi connectivity index (χ2v) is 10.3. The molecule has 1 aromatic rings. The molecule has 3 aliphatic heterocycles. The fraction of sp³-hybridized carbons (Fsp3) is 0.680. The fourth-order valence-corrected chi connectivity index (χ4v) is 5.07. The molecule has 0 aliphatic carbocycles. The van der Waals surface area contributed by atoms with Crippen molar-refractivity contribution in [1.29, 1.82) is 0 Å². The minimum atomic E-state index is -0.498. The molecule has 3 aliphatic rings. The Morgan fingerprint density at radius 2 is 1.72 bits per heavy atom. The number of amides is 3. The van der Waals surface area contributed by atoms with Crippen LogP contribution in [0.2, 0.25) is 0 Å². The Hall–Kier alpha value is -2.28. The molecule has 7 nitrogen and oxygen atoms in total. The Kier molecular flexibility index (Phi) is 6.93. The van der Waals surface area contributed by atoms with Crippen LogP contribution < -0.4 is 0 Å². The molecule has 1 aromatic carbocycles. The van der Waals surface area contributed by atoms with Crippen molar-refractivity contribution in [3.05, 3.63) is 35.9 Å². The van der Waals surface area contributed by atoms with Gasteiger partial charge in [0, 0.05) is 45.4 Å². The number of ether oxygens (including phenoxy) is 2. The van der Waals surface area contributed by atoms with Crippen molar-refractivity contribution in [2.75, 3.05) is 39.4 Å². The van der Waals surface area contributed by atoms with E-state index in [0.29, 0.717) is 19.0 Å². The molecule has 0 aromatic heterocycles. The van der Waals surface area contributed by atoms with E-state index >= 15 is 0 Å². The summed E-state index contributed by atoms with van der Waals surface area (Å²) in [6.07, 6.45) is 3.34. The first-order valence-electron chi connectivity index (χ1n) is 12.0. The average Bonchev–Trinajstić information content (AvgIpc) is 3.10. The molecule has 7 heteroatoms. The Morgan fingerprint density at radius 3 is 2.34 bits per heavy atom. The number of nitrogens with zero attached hydrogens (tertiary/aromatic N) is 3. The standard InChI is InChI=1S/C25H37N3O4/c1-25(2,3)32-24(30)26-13-9-21(10-14-26)28-22(20-7-5-4-6-8-20)18-27(23(28)29)17-19-11-15-31-16-12-19/h4-8,19,21-22H,9-18H2,1-3H3/t22-/m0/s1. The van der Waals surface area contributed by atoms with Gasteiger partial charge < -0.3 is 24.2 Å². The maximum atomic E-state index is 13.6. The number of urea groups is 1. The van der Waals surface area contributed by atoms with E-state index in [4.69, 9.17) is 9.47 Å². The van der Waals surface area contributed by atoms with Gasteiger partial charge >= 0.3 is 12.1 Å². The summed E-state index contributed by atoms with van der Waals surface area (Å²) in [5.41, 5.74) is 0.687. The number of piperidine rings is 1. The third kappa shape index (κ3) is 5.37. The maximum absolute atomic E-state index is 13.6. The number of likely N-dealkylation sites (tertiary alicyclic amines) is 1. The van der Waals surface area contributed by atoms with Gasteiger partial charge in [0.15, 0.2) is 0 Å². The lowest BCUT2D eigenvalue weighted by Crippen LogP contribution is -2.49. The van der Waals surface area contributed by atoms with Crippen LogP contribution in [0.25, 0.3) is 0 Å². The summed E-state index contributed by atoms with van der Waals surface area (Å²) in [7, 11) is 0. The van der Waals surface area contributed by atoms with E-state index in [9.17, 15) is 9.59 Å². The molecule has 32 heavy (non-hydrogen) atoms. The predicted molar refractivity (Wildman–Crippen MR) is 122 cm³/mol. The third-order valence-corrected chi connectivity index (χ3v) is 6.73. The van der Waals surface area contributed by atoms with Crippen molar-refractivity contribution in [3.63, 3.8) is 0 Å². The summed E-state index contributed by atoms with van der Waals surface area (Å²) < 4.78 is 11.0. The Morgan fingerprint density at radius 1 is 1.06 bits per heavy atom. The van der Waals surface area contributed by atoms with Gasteiger partial charge in [0.2, 0.25) is 0 Å². The van der Waals surface area contributed by atoms with Gasteiger partial charge in [0.1, 0.15) is 5.60 Å². The molecule has 0 radical (unpaired) electrons. The van der Waals surface area contributed by atoms with E-state index in [1.165, 1.54) is 5.56 Å². The average molecular weight is 444 g/mol. The molecule has 1 atom stereocenters. The summed E-state index contributed by atoms with van der Waals surface area (Å²) in [5, 5.41) is 0. The monoisotopic (exact) mass is 443 g/mol. The largest absolute Gasteiger partial charge is 0.444 e. The zero-order chi connectivity index (χ0) is 22.7. The van der Waals surface area contributed by atoms with E-state index < -0.39 is 5.60 Å². The lowest BCUT2D eigenvalue weighted by molar-refractivity contribution is 0.0157. The fourth-order valence-electron chi connectivity index (χ4n) is 5.07. The quantitative estimate of drug-likeness (QED) is 0.696. The number of benzene rings is 1. The van der Waals surface area contributed by atoms with Gasteiger partial charge in [-0.15, -0.1) is 0 Å². The molecule has 3 fully saturated rings. The van der Waals surface area contributed by atoms with Crippen molar-refractivity contribution in [1.82, 2.24) is 14.7 Å². The SMILES string of the molecule is CC(C)(C)OC(=O)N1CCC(N2C(=O)N(CC3CCOCC3)C[C@H]2c2ccccc2)CC1. The second-order valence-electron chi connectivity index (χ2n) is 10.3. The zero-order valence-corrected chi connectivity index (χ0v) is 19.7. The van der Waals surface area contributed by atoms with Gasteiger partial charge in [-0.05, 0) is 57.9 Å². The number of carbonyl (C=O) groups is 2. The van der Waals surface area contributed by atoms with Crippen LogP contribution in [0.4, 0.5) is 9.59 Å². The smallest absolute Gasteiger partial charge is 0.410 e. The van der Waals surface area contributed by atoms with Crippen molar-refractivity contribution >= 4 is 12.1 Å². The van der Waals surface area contributed by atoms with Gasteiger partial charge in [0.25, 0.3) is 0 Å². The lowest BCUT2D eigenvalue weighted by Gasteiger charge is -2.39. The molecule has 3 saturated heterocycles. The Balaban J connectivity index is 1.45. The van der Waals surface area contributed by atoms with E-state index in [2.05, 4.69) is 17.0 Å². The van der Waals surface area contributed by atoms with Crippen molar-refractivity contribution in [2.24, 2.45) is 5.92 Å². The number of hydrogen-bond acceptors (Lipinski definition) is 4. The first-order chi connectivity index (χ1) is 15.3. The summed E-state index contributed by atoms with van der Waals surface area (Å²) in [6, 6.07) is 10.7. The molecular weight excluding hydrogens is 406 g/mol. The first-order valence-corrected chi connectivity index (χ1v) is 12.0. The van der Waals surface area contributed by atoms with Crippen LogP contribution in [0, 0.1) is 5.92 Å². The number of rotatable bonds is 4. The van der Waals surface area contributed by atoms with Crippen LogP contribution in [-0.2, 0) is 9.47 Å². The molecule has 176 valence electrons. The van der Waals surface area contributed by atoms with Crippen LogP contribution in [0.1, 0.15) is 58.1 Å². The van der Waals surface area contributed by atoms with Crippen molar-refractivity contribution in [3.8, 4) is 0 Å². The lowest BCUT2D eigenvalue weighted by atomic mass is 9.99. The number of hydrogen-bond donors (Lipinski definition) is 0. The second kappa shape index (κ2) is 9.69. The van der Waals surface area contributed by atoms with Gasteiger partial charge in [0.05, 0.1) is 6.04 Å². The highest BCUT2D eigenvalue weighted by molar-refractivity contribution is 5.78. The van der Waals surface area contributed by atoms with Gasteiger partial charge in [-0.1, -0.05) is 30.3 Å². The number of carbonyl (C=O) groups excluding carboxylic acids is 2. The molecular formula is C25H37N3O4. The molecule has 0 unspecified atom stereocenters. The molecule has 3 heterocycles. The van der Waals surface area contributed by atoms with Gasteiger partial charge in [-0.3, -0.25) is 0 Å². The molecule has 3 amide bonds.